The molecule has 3 aliphatic rings. The van der Waals surface area contributed by atoms with Crippen LogP contribution in [0.5, 0.6) is 0 Å². The zero-order valence-corrected chi connectivity index (χ0v) is 15.6. The van der Waals surface area contributed by atoms with Gasteiger partial charge in [0.2, 0.25) is 5.91 Å². The van der Waals surface area contributed by atoms with E-state index in [0.29, 0.717) is 13.0 Å². The molecule has 0 radical (unpaired) electrons. The van der Waals surface area contributed by atoms with Crippen molar-refractivity contribution in [3.05, 3.63) is 35.3 Å². The third-order valence-corrected chi connectivity index (χ3v) is 6.78. The standard InChI is InChI=1S/C21H24FN3O2/c1-21-19-15(16-11-13(22)7-8-17(16)23-19)9-10-25(21)18(26)12-24(20(21)27)14-5-3-2-4-6-14/h7-8,11,14,23H,2-6,9-10,12H2,1H3. The molecule has 1 saturated heterocycles. The van der Waals surface area contributed by atoms with E-state index < -0.39 is 5.54 Å². The van der Waals surface area contributed by atoms with Crippen LogP contribution in [0.3, 0.4) is 0 Å². The number of nitrogens with one attached hydrogen (secondary N) is 1. The third kappa shape index (κ3) is 2.28. The van der Waals surface area contributed by atoms with E-state index in [1.54, 1.807) is 11.0 Å². The minimum Gasteiger partial charge on any atom is -0.356 e. The van der Waals surface area contributed by atoms with Crippen molar-refractivity contribution < 1.29 is 14.0 Å². The molecular formula is C21H24FN3O2. The Hall–Kier alpha value is -2.37. The molecular weight excluding hydrogens is 345 g/mol. The molecule has 1 aliphatic carbocycles. The Labute approximate surface area is 157 Å². The Morgan fingerprint density at radius 3 is 2.74 bits per heavy atom. The van der Waals surface area contributed by atoms with Gasteiger partial charge in [-0.2, -0.15) is 0 Å². The van der Waals surface area contributed by atoms with Crippen LogP contribution in [0.15, 0.2) is 18.2 Å². The van der Waals surface area contributed by atoms with Gasteiger partial charge in [0.1, 0.15) is 12.4 Å². The molecule has 6 heteroatoms. The molecule has 2 fully saturated rings. The van der Waals surface area contributed by atoms with Crippen molar-refractivity contribution in [2.24, 2.45) is 0 Å². The number of halogens is 1. The molecule has 0 spiro atoms. The Balaban J connectivity index is 1.64. The van der Waals surface area contributed by atoms with Gasteiger partial charge < -0.3 is 14.8 Å². The first-order valence-corrected chi connectivity index (χ1v) is 9.92. The fraction of sp³-hybridized carbons (Fsp3) is 0.524. The van der Waals surface area contributed by atoms with E-state index in [2.05, 4.69) is 4.98 Å². The quantitative estimate of drug-likeness (QED) is 0.840. The summed E-state index contributed by atoms with van der Waals surface area (Å²) in [6.07, 6.45) is 6.00. The number of piperazine rings is 1. The second-order valence-corrected chi connectivity index (χ2v) is 8.26. The summed E-state index contributed by atoms with van der Waals surface area (Å²) in [5.74, 6) is -0.271. The number of fused-ring (bicyclic) bond motifs is 5. The largest absolute Gasteiger partial charge is 0.356 e. The van der Waals surface area contributed by atoms with Crippen LogP contribution in [0.25, 0.3) is 10.9 Å². The van der Waals surface area contributed by atoms with E-state index in [9.17, 15) is 14.0 Å². The van der Waals surface area contributed by atoms with Gasteiger partial charge in [0.05, 0.1) is 5.69 Å². The van der Waals surface area contributed by atoms with Gasteiger partial charge in [-0.15, -0.1) is 0 Å². The Kier molecular flexibility index (Phi) is 3.61. The first kappa shape index (κ1) is 16.8. The van der Waals surface area contributed by atoms with Crippen molar-refractivity contribution in [1.82, 2.24) is 14.8 Å². The average molecular weight is 369 g/mol. The Morgan fingerprint density at radius 1 is 1.19 bits per heavy atom. The highest BCUT2D eigenvalue weighted by molar-refractivity contribution is 6.00. The first-order chi connectivity index (χ1) is 13.0. The van der Waals surface area contributed by atoms with E-state index in [-0.39, 0.29) is 30.2 Å². The topological polar surface area (TPSA) is 56.4 Å². The zero-order valence-electron chi connectivity index (χ0n) is 15.6. The van der Waals surface area contributed by atoms with Crippen LogP contribution >= 0.6 is 0 Å². The summed E-state index contributed by atoms with van der Waals surface area (Å²) in [5.41, 5.74) is 1.51. The van der Waals surface area contributed by atoms with E-state index in [0.717, 1.165) is 47.8 Å². The lowest BCUT2D eigenvalue weighted by Gasteiger charge is -2.51. The van der Waals surface area contributed by atoms with Gasteiger partial charge in [0, 0.05) is 23.5 Å². The number of H-pyrrole nitrogens is 1. The van der Waals surface area contributed by atoms with Gasteiger partial charge in [-0.05, 0) is 49.9 Å². The van der Waals surface area contributed by atoms with Crippen molar-refractivity contribution in [2.45, 2.75) is 57.0 Å². The number of amides is 2. The smallest absolute Gasteiger partial charge is 0.255 e. The summed E-state index contributed by atoms with van der Waals surface area (Å²) in [4.78, 5) is 33.5. The molecule has 5 nitrogen and oxygen atoms in total. The summed E-state index contributed by atoms with van der Waals surface area (Å²) in [5, 5.41) is 0.820. The molecule has 2 amide bonds. The average Bonchev–Trinajstić information content (AvgIpc) is 3.05. The number of carbonyl (C=O) groups is 2. The summed E-state index contributed by atoms with van der Waals surface area (Å²) in [7, 11) is 0. The highest BCUT2D eigenvalue weighted by Crippen LogP contribution is 2.43. The molecule has 5 rings (SSSR count). The number of aromatic amines is 1. The minimum absolute atomic E-state index is 0.00183. The van der Waals surface area contributed by atoms with Crippen molar-refractivity contribution in [1.29, 1.82) is 0 Å². The molecule has 3 heterocycles. The lowest BCUT2D eigenvalue weighted by atomic mass is 9.82. The number of carbonyl (C=O) groups excluding carboxylic acids is 2. The molecule has 1 saturated carbocycles. The van der Waals surface area contributed by atoms with Crippen molar-refractivity contribution in [2.75, 3.05) is 13.1 Å². The lowest BCUT2D eigenvalue weighted by molar-refractivity contribution is -0.169. The summed E-state index contributed by atoms with van der Waals surface area (Å²) < 4.78 is 13.8. The molecule has 27 heavy (non-hydrogen) atoms. The fourth-order valence-electron chi connectivity index (χ4n) is 5.34. The van der Waals surface area contributed by atoms with Crippen LogP contribution in [0.4, 0.5) is 4.39 Å². The molecule has 1 aromatic heterocycles. The molecule has 1 aromatic carbocycles. The predicted molar refractivity (Wildman–Crippen MR) is 99.6 cm³/mol. The summed E-state index contributed by atoms with van der Waals surface area (Å²) in [6.45, 7) is 2.53. The molecule has 1 unspecified atom stereocenters. The lowest BCUT2D eigenvalue weighted by Crippen LogP contribution is -2.68. The van der Waals surface area contributed by atoms with Crippen LogP contribution in [-0.2, 0) is 21.5 Å². The normalized spacial score (nSPS) is 26.4. The number of hydrogen-bond acceptors (Lipinski definition) is 2. The highest BCUT2D eigenvalue weighted by atomic mass is 19.1. The summed E-state index contributed by atoms with van der Waals surface area (Å²) >= 11 is 0. The van der Waals surface area contributed by atoms with Crippen molar-refractivity contribution in [3.63, 3.8) is 0 Å². The maximum absolute atomic E-state index is 13.8. The van der Waals surface area contributed by atoms with Crippen molar-refractivity contribution in [3.8, 4) is 0 Å². The van der Waals surface area contributed by atoms with Gasteiger partial charge in [-0.25, -0.2) is 4.39 Å². The molecule has 142 valence electrons. The Bertz CT molecular complexity index is 946. The van der Waals surface area contributed by atoms with Gasteiger partial charge in [0.25, 0.3) is 5.91 Å². The summed E-state index contributed by atoms with van der Waals surface area (Å²) in [6, 6.07) is 4.82. The monoisotopic (exact) mass is 369 g/mol. The maximum atomic E-state index is 13.8. The van der Waals surface area contributed by atoms with Gasteiger partial charge >= 0.3 is 0 Å². The van der Waals surface area contributed by atoms with Crippen LogP contribution in [-0.4, -0.2) is 45.7 Å². The van der Waals surface area contributed by atoms with Crippen molar-refractivity contribution >= 4 is 22.7 Å². The minimum atomic E-state index is -1.03. The number of hydrogen-bond donors (Lipinski definition) is 1. The number of nitrogens with zero attached hydrogens (tertiary/aromatic N) is 2. The number of aromatic nitrogens is 1. The number of rotatable bonds is 1. The molecule has 1 atom stereocenters. The van der Waals surface area contributed by atoms with E-state index >= 15 is 0 Å². The van der Waals surface area contributed by atoms with Gasteiger partial charge in [0.15, 0.2) is 5.54 Å². The maximum Gasteiger partial charge on any atom is 0.255 e. The van der Waals surface area contributed by atoms with Gasteiger partial charge in [-0.3, -0.25) is 9.59 Å². The van der Waals surface area contributed by atoms with E-state index in [4.69, 9.17) is 0 Å². The third-order valence-electron chi connectivity index (χ3n) is 6.78. The van der Waals surface area contributed by atoms with Gasteiger partial charge in [-0.1, -0.05) is 19.3 Å². The fourth-order valence-corrected chi connectivity index (χ4v) is 5.34. The SMILES string of the molecule is CC12C(=O)N(C3CCCCC3)CC(=O)N1CCc1c2[nH]c2ccc(F)cc12. The Morgan fingerprint density at radius 2 is 1.96 bits per heavy atom. The zero-order chi connectivity index (χ0) is 18.8. The molecule has 2 aliphatic heterocycles. The molecule has 0 bridgehead atoms. The second kappa shape index (κ2) is 5.81. The van der Waals surface area contributed by atoms with Crippen LogP contribution in [0, 0.1) is 5.82 Å². The van der Waals surface area contributed by atoms with Crippen LogP contribution in [0.2, 0.25) is 0 Å². The molecule has 1 N–H and O–H groups in total. The van der Waals surface area contributed by atoms with Crippen LogP contribution < -0.4 is 0 Å². The first-order valence-electron chi connectivity index (χ1n) is 9.92. The second-order valence-electron chi connectivity index (χ2n) is 8.26. The van der Waals surface area contributed by atoms with Crippen LogP contribution in [0.1, 0.15) is 50.3 Å². The van der Waals surface area contributed by atoms with E-state index in [1.165, 1.54) is 18.6 Å². The van der Waals surface area contributed by atoms with E-state index in [1.807, 2.05) is 11.8 Å². The highest BCUT2D eigenvalue weighted by Gasteiger charge is 2.55. The predicted octanol–water partition coefficient (Wildman–Crippen LogP) is 3.08. The number of benzene rings is 1. The molecule has 2 aromatic rings.